The fourth-order valence-corrected chi connectivity index (χ4v) is 2.70. The van der Waals surface area contributed by atoms with E-state index in [0.29, 0.717) is 10.7 Å². The molecule has 0 amide bonds. The van der Waals surface area contributed by atoms with Gasteiger partial charge in [0.15, 0.2) is 10.9 Å². The molecular formula is C15H11BrFN2OS-. The van der Waals surface area contributed by atoms with Crippen LogP contribution < -0.4 is 22.3 Å². The van der Waals surface area contributed by atoms with Crippen molar-refractivity contribution < 1.29 is 26.2 Å². The van der Waals surface area contributed by atoms with Gasteiger partial charge >= 0.3 is 0 Å². The van der Waals surface area contributed by atoms with Gasteiger partial charge in [0, 0.05) is 5.56 Å². The van der Waals surface area contributed by atoms with Crippen molar-refractivity contribution in [2.45, 2.75) is 0 Å². The van der Waals surface area contributed by atoms with Gasteiger partial charge in [0.05, 0.1) is 16.8 Å². The predicted molar refractivity (Wildman–Crippen MR) is 78.8 cm³/mol. The number of para-hydroxylation sites is 1. The summed E-state index contributed by atoms with van der Waals surface area (Å²) in [6, 6.07) is 13.3. The lowest BCUT2D eigenvalue weighted by Crippen LogP contribution is -3.00. The van der Waals surface area contributed by atoms with E-state index in [-0.39, 0.29) is 35.1 Å². The maximum Gasteiger partial charge on any atom is 0.184 e. The Kier molecular flexibility index (Phi) is 5.03. The van der Waals surface area contributed by atoms with Gasteiger partial charge in [-0.25, -0.2) is 9.37 Å². The molecule has 21 heavy (non-hydrogen) atoms. The Labute approximate surface area is 135 Å². The summed E-state index contributed by atoms with van der Waals surface area (Å²) in [6.07, 6.45) is 0. The van der Waals surface area contributed by atoms with Crippen molar-refractivity contribution in [3.63, 3.8) is 0 Å². The normalized spacial score (nSPS) is 10.1. The Morgan fingerprint density at radius 3 is 2.57 bits per heavy atom. The first kappa shape index (κ1) is 15.6. The average molecular weight is 366 g/mol. The van der Waals surface area contributed by atoms with Crippen LogP contribution >= 0.6 is 11.3 Å². The molecule has 0 aliphatic carbocycles. The third kappa shape index (κ3) is 3.65. The van der Waals surface area contributed by atoms with E-state index in [2.05, 4.69) is 10.3 Å². The largest absolute Gasteiger partial charge is 1.00 e. The van der Waals surface area contributed by atoms with Crippen molar-refractivity contribution in [1.29, 1.82) is 0 Å². The molecule has 0 aliphatic heterocycles. The van der Waals surface area contributed by atoms with E-state index < -0.39 is 0 Å². The number of benzene rings is 2. The first-order valence-corrected chi connectivity index (χ1v) is 6.92. The quantitative estimate of drug-likeness (QED) is 0.693. The molecule has 108 valence electrons. The summed E-state index contributed by atoms with van der Waals surface area (Å²) in [7, 11) is 0. The summed E-state index contributed by atoms with van der Waals surface area (Å²) >= 11 is 1.50. The Morgan fingerprint density at radius 1 is 1.14 bits per heavy atom. The minimum atomic E-state index is -0.347. The summed E-state index contributed by atoms with van der Waals surface area (Å²) in [4.78, 5) is 16.3. The molecule has 3 aromatic rings. The summed E-state index contributed by atoms with van der Waals surface area (Å²) in [6.45, 7) is 0.144. The van der Waals surface area contributed by atoms with E-state index >= 15 is 0 Å². The van der Waals surface area contributed by atoms with Gasteiger partial charge in [-0.2, -0.15) is 0 Å². The first-order chi connectivity index (χ1) is 9.72. The maximum absolute atomic E-state index is 12.8. The Hall–Kier alpha value is -1.79. The number of ketones is 1. The van der Waals surface area contributed by atoms with E-state index in [9.17, 15) is 9.18 Å². The molecule has 1 aromatic heterocycles. The molecule has 0 aliphatic rings. The van der Waals surface area contributed by atoms with E-state index in [1.165, 1.54) is 35.6 Å². The number of hydrogen-bond acceptors (Lipinski definition) is 4. The summed E-state index contributed by atoms with van der Waals surface area (Å²) < 4.78 is 13.9. The molecule has 0 spiro atoms. The van der Waals surface area contributed by atoms with Gasteiger partial charge in [0.2, 0.25) is 0 Å². The van der Waals surface area contributed by atoms with Gasteiger partial charge in [0.25, 0.3) is 0 Å². The number of Topliss-reactive ketones (excluding diaryl/α,β-unsaturated/α-hetero) is 1. The van der Waals surface area contributed by atoms with Crippen LogP contribution in [0.5, 0.6) is 0 Å². The number of anilines is 1. The molecule has 3 nitrogen and oxygen atoms in total. The second-order valence-corrected chi connectivity index (χ2v) is 5.30. The molecule has 0 saturated carbocycles. The molecule has 0 atom stereocenters. The molecule has 1 heterocycles. The van der Waals surface area contributed by atoms with Gasteiger partial charge in [-0.1, -0.05) is 23.5 Å². The van der Waals surface area contributed by atoms with Gasteiger partial charge in [-0.3, -0.25) is 4.79 Å². The van der Waals surface area contributed by atoms with Gasteiger partial charge in [-0.15, -0.1) is 0 Å². The van der Waals surface area contributed by atoms with E-state index in [0.717, 1.165) is 10.2 Å². The highest BCUT2D eigenvalue weighted by Crippen LogP contribution is 2.25. The molecule has 3 rings (SSSR count). The van der Waals surface area contributed by atoms with Gasteiger partial charge in [0.1, 0.15) is 5.82 Å². The molecule has 1 N–H and O–H groups in total. The third-order valence-corrected chi connectivity index (χ3v) is 3.85. The highest BCUT2D eigenvalue weighted by molar-refractivity contribution is 7.22. The number of nitrogens with zero attached hydrogens (tertiary/aromatic N) is 1. The number of halogens is 2. The van der Waals surface area contributed by atoms with Crippen LogP contribution in [0.1, 0.15) is 10.4 Å². The smallest absolute Gasteiger partial charge is 0.184 e. The number of carbonyl (C=O) groups excluding carboxylic acids is 1. The van der Waals surface area contributed by atoms with Crippen molar-refractivity contribution in [1.82, 2.24) is 4.98 Å². The number of fused-ring (bicyclic) bond motifs is 1. The zero-order valence-corrected chi connectivity index (χ0v) is 13.2. The van der Waals surface area contributed by atoms with Crippen molar-refractivity contribution in [3.05, 3.63) is 59.9 Å². The van der Waals surface area contributed by atoms with Crippen molar-refractivity contribution in [3.8, 4) is 0 Å². The van der Waals surface area contributed by atoms with Gasteiger partial charge in [-0.05, 0) is 36.4 Å². The SMILES string of the molecule is O=C(CNc1nc2ccccc2s1)c1ccc(F)cc1.[Br-]. The summed E-state index contributed by atoms with van der Waals surface area (Å²) in [5.74, 6) is -0.440. The first-order valence-electron chi connectivity index (χ1n) is 6.10. The minimum absolute atomic E-state index is 0. The predicted octanol–water partition coefficient (Wildman–Crippen LogP) is 0.734. The van der Waals surface area contributed by atoms with E-state index in [1.807, 2.05) is 24.3 Å². The number of rotatable bonds is 4. The molecule has 0 saturated heterocycles. The van der Waals surface area contributed by atoms with Crippen LogP contribution in [0, 0.1) is 5.82 Å². The highest BCUT2D eigenvalue weighted by Gasteiger charge is 2.08. The standard InChI is InChI=1S/C15H11FN2OS.BrH/c16-11-7-5-10(6-8-11)13(19)9-17-15-18-12-3-1-2-4-14(12)20-15;/h1-8H,9H2,(H,17,18);1H/p-1. The number of hydrogen-bond donors (Lipinski definition) is 1. The average Bonchev–Trinajstić information content (AvgIpc) is 2.88. The van der Waals surface area contributed by atoms with Crippen LogP contribution in [0.2, 0.25) is 0 Å². The van der Waals surface area contributed by atoms with Crippen molar-refractivity contribution in [2.24, 2.45) is 0 Å². The van der Waals surface area contributed by atoms with E-state index in [1.54, 1.807) is 0 Å². The highest BCUT2D eigenvalue weighted by atomic mass is 79.9. The topological polar surface area (TPSA) is 42.0 Å². The molecule has 0 unspecified atom stereocenters. The Balaban J connectivity index is 0.00000161. The molecule has 0 bridgehead atoms. The minimum Gasteiger partial charge on any atom is -1.00 e. The Bertz CT molecular complexity index is 725. The van der Waals surface area contributed by atoms with E-state index in [4.69, 9.17) is 0 Å². The lowest BCUT2D eigenvalue weighted by atomic mass is 10.1. The lowest BCUT2D eigenvalue weighted by molar-refractivity contribution is -0.0000122. The molecule has 0 fully saturated rings. The van der Waals surface area contributed by atoms with Gasteiger partial charge < -0.3 is 22.3 Å². The summed E-state index contributed by atoms with van der Waals surface area (Å²) in [5.41, 5.74) is 1.40. The summed E-state index contributed by atoms with van der Waals surface area (Å²) in [5, 5.41) is 3.72. The number of nitrogens with one attached hydrogen (secondary N) is 1. The number of thiazole rings is 1. The zero-order chi connectivity index (χ0) is 13.9. The van der Waals surface area contributed by atoms with Crippen LogP contribution in [-0.4, -0.2) is 17.3 Å². The molecular weight excluding hydrogens is 355 g/mol. The molecule has 2 aromatic carbocycles. The van der Waals surface area contributed by atoms with Crippen LogP contribution in [0.25, 0.3) is 10.2 Å². The Morgan fingerprint density at radius 2 is 1.86 bits per heavy atom. The van der Waals surface area contributed by atoms with Crippen LogP contribution in [0.15, 0.2) is 48.5 Å². The second-order valence-electron chi connectivity index (χ2n) is 4.27. The number of aromatic nitrogens is 1. The zero-order valence-electron chi connectivity index (χ0n) is 10.8. The fourth-order valence-electron chi connectivity index (χ4n) is 1.84. The lowest BCUT2D eigenvalue weighted by Gasteiger charge is -2.02. The third-order valence-electron chi connectivity index (χ3n) is 2.86. The van der Waals surface area contributed by atoms with Crippen molar-refractivity contribution >= 4 is 32.5 Å². The van der Waals surface area contributed by atoms with Crippen LogP contribution in [-0.2, 0) is 0 Å². The molecule has 0 radical (unpaired) electrons. The maximum atomic E-state index is 12.8. The van der Waals surface area contributed by atoms with Crippen molar-refractivity contribution in [2.75, 3.05) is 11.9 Å². The fraction of sp³-hybridized carbons (Fsp3) is 0.0667. The number of carbonyl (C=O) groups is 1. The second kappa shape index (κ2) is 6.78. The monoisotopic (exact) mass is 365 g/mol. The van der Waals surface area contributed by atoms with Crippen LogP contribution in [0.3, 0.4) is 0 Å². The molecule has 6 heteroatoms. The van der Waals surface area contributed by atoms with Crippen LogP contribution in [0.4, 0.5) is 9.52 Å².